The second-order valence-electron chi connectivity index (χ2n) is 8.20. The van der Waals surface area contributed by atoms with Gasteiger partial charge in [0.25, 0.3) is 10.0 Å². The van der Waals surface area contributed by atoms with Crippen LogP contribution in [-0.2, 0) is 21.2 Å². The molecule has 1 aliphatic heterocycles. The van der Waals surface area contributed by atoms with E-state index in [0.717, 1.165) is 16.9 Å². The summed E-state index contributed by atoms with van der Waals surface area (Å²) in [6.07, 6.45) is 4.98. The van der Waals surface area contributed by atoms with Gasteiger partial charge in [0.05, 0.1) is 23.3 Å². The number of benzene rings is 1. The van der Waals surface area contributed by atoms with Crippen LogP contribution in [0.5, 0.6) is 0 Å². The van der Waals surface area contributed by atoms with Gasteiger partial charge in [-0.1, -0.05) is 12.1 Å². The first-order chi connectivity index (χ1) is 14.8. The molecule has 3 aromatic rings. The Morgan fingerprint density at radius 2 is 2.13 bits per heavy atom. The number of carbonyl (C=O) groups excluding carboxylic acids is 1. The highest BCUT2D eigenvalue weighted by molar-refractivity contribution is 7.89. The lowest BCUT2D eigenvalue weighted by atomic mass is 9.99. The number of hydrogen-bond donors (Lipinski definition) is 2. The molecule has 1 fully saturated rings. The van der Waals surface area contributed by atoms with E-state index in [1.54, 1.807) is 10.8 Å². The molecular weight excluding hydrogens is 416 g/mol. The van der Waals surface area contributed by atoms with Crippen LogP contribution in [0.1, 0.15) is 38.6 Å². The number of fused-ring (bicyclic) bond motifs is 1. The summed E-state index contributed by atoms with van der Waals surface area (Å²) < 4.78 is 29.1. The zero-order valence-electron chi connectivity index (χ0n) is 17.8. The zero-order valence-corrected chi connectivity index (χ0v) is 18.6. The van der Waals surface area contributed by atoms with Crippen LogP contribution >= 0.6 is 0 Å². The van der Waals surface area contributed by atoms with E-state index >= 15 is 0 Å². The van der Waals surface area contributed by atoms with Gasteiger partial charge < -0.3 is 14.9 Å². The van der Waals surface area contributed by atoms with Crippen molar-refractivity contribution in [1.82, 2.24) is 29.1 Å². The number of rotatable bonds is 7. The van der Waals surface area contributed by atoms with Crippen molar-refractivity contribution in [3.8, 4) is 0 Å². The number of amides is 1. The molecule has 31 heavy (non-hydrogen) atoms. The standard InChI is InChI=1S/C21H28N6O3S/c1-15(2)26-13-20(23-14-26)31(29,30)27-11-5-6-16(12-27)21(28)22-10-9-19-24-17-7-3-4-8-18(17)25-19/h3-4,7-8,13-16H,5-6,9-12H2,1-2H3,(H,22,28)(H,24,25)/t16-/m1/s1. The maximum Gasteiger partial charge on any atom is 0.262 e. The highest BCUT2D eigenvalue weighted by atomic mass is 32.2. The summed E-state index contributed by atoms with van der Waals surface area (Å²) in [6, 6.07) is 7.91. The van der Waals surface area contributed by atoms with Crippen molar-refractivity contribution in [3.05, 3.63) is 42.6 Å². The Hall–Kier alpha value is -2.72. The van der Waals surface area contributed by atoms with Crippen LogP contribution in [-0.4, -0.2) is 57.8 Å². The first-order valence-electron chi connectivity index (χ1n) is 10.6. The molecule has 4 rings (SSSR count). The molecule has 0 radical (unpaired) electrons. The number of aromatic nitrogens is 4. The summed E-state index contributed by atoms with van der Waals surface area (Å²) >= 11 is 0. The summed E-state index contributed by atoms with van der Waals surface area (Å²) in [6.45, 7) is 4.95. The molecule has 0 aliphatic carbocycles. The van der Waals surface area contributed by atoms with E-state index < -0.39 is 10.0 Å². The molecule has 0 bridgehead atoms. The molecule has 9 nitrogen and oxygen atoms in total. The molecule has 1 aliphatic rings. The average molecular weight is 445 g/mol. The number of H-pyrrole nitrogens is 1. The second kappa shape index (κ2) is 8.80. The molecule has 1 atom stereocenters. The fraction of sp³-hybridized carbons (Fsp3) is 0.476. The van der Waals surface area contributed by atoms with Gasteiger partial charge >= 0.3 is 0 Å². The summed E-state index contributed by atoms with van der Waals surface area (Å²) in [7, 11) is -3.71. The molecule has 166 valence electrons. The number of sulfonamides is 1. The topological polar surface area (TPSA) is 113 Å². The molecule has 1 saturated heterocycles. The lowest BCUT2D eigenvalue weighted by molar-refractivity contribution is -0.126. The lowest BCUT2D eigenvalue weighted by Crippen LogP contribution is -2.45. The first-order valence-corrected chi connectivity index (χ1v) is 12.0. The Kier molecular flexibility index (Phi) is 6.10. The highest BCUT2D eigenvalue weighted by Gasteiger charge is 2.34. The Morgan fingerprint density at radius 3 is 2.87 bits per heavy atom. The highest BCUT2D eigenvalue weighted by Crippen LogP contribution is 2.23. The van der Waals surface area contributed by atoms with Gasteiger partial charge in [-0.05, 0) is 38.8 Å². The molecule has 2 N–H and O–H groups in total. The van der Waals surface area contributed by atoms with E-state index in [0.29, 0.717) is 32.4 Å². The lowest BCUT2D eigenvalue weighted by Gasteiger charge is -2.30. The van der Waals surface area contributed by atoms with E-state index in [1.807, 2.05) is 38.1 Å². The van der Waals surface area contributed by atoms with Crippen LogP contribution in [0.25, 0.3) is 11.0 Å². The van der Waals surface area contributed by atoms with Gasteiger partial charge in [-0.2, -0.15) is 4.31 Å². The third-order valence-corrected chi connectivity index (χ3v) is 7.38. The van der Waals surface area contributed by atoms with Gasteiger partial charge in [0, 0.05) is 38.3 Å². The molecule has 2 aromatic heterocycles. The van der Waals surface area contributed by atoms with Crippen molar-refractivity contribution in [2.75, 3.05) is 19.6 Å². The van der Waals surface area contributed by atoms with E-state index in [9.17, 15) is 13.2 Å². The van der Waals surface area contributed by atoms with Crippen LogP contribution in [0.3, 0.4) is 0 Å². The molecule has 0 spiro atoms. The molecule has 1 aromatic carbocycles. The van der Waals surface area contributed by atoms with Crippen molar-refractivity contribution in [3.63, 3.8) is 0 Å². The largest absolute Gasteiger partial charge is 0.355 e. The van der Waals surface area contributed by atoms with Crippen molar-refractivity contribution < 1.29 is 13.2 Å². The minimum atomic E-state index is -3.71. The van der Waals surface area contributed by atoms with E-state index in [1.165, 1.54) is 10.6 Å². The van der Waals surface area contributed by atoms with Crippen molar-refractivity contribution in [2.45, 2.75) is 44.2 Å². The van der Waals surface area contributed by atoms with Gasteiger partial charge in [-0.3, -0.25) is 4.79 Å². The van der Waals surface area contributed by atoms with Gasteiger partial charge in [0.2, 0.25) is 5.91 Å². The van der Waals surface area contributed by atoms with Gasteiger partial charge in [-0.15, -0.1) is 0 Å². The molecule has 3 heterocycles. The molecular formula is C21H28N6O3S. The maximum absolute atomic E-state index is 13.0. The number of para-hydroxylation sites is 2. The van der Waals surface area contributed by atoms with Gasteiger partial charge in [-0.25, -0.2) is 18.4 Å². The number of carbonyl (C=O) groups is 1. The fourth-order valence-corrected chi connectivity index (χ4v) is 5.26. The van der Waals surface area contributed by atoms with Crippen LogP contribution in [0.2, 0.25) is 0 Å². The fourth-order valence-electron chi connectivity index (χ4n) is 3.81. The number of piperidine rings is 1. The van der Waals surface area contributed by atoms with Crippen LogP contribution in [0.4, 0.5) is 0 Å². The van der Waals surface area contributed by atoms with Crippen LogP contribution in [0, 0.1) is 5.92 Å². The van der Waals surface area contributed by atoms with E-state index in [4.69, 9.17) is 0 Å². The minimum absolute atomic E-state index is 0.0344. The first kappa shape index (κ1) is 21.5. The third kappa shape index (κ3) is 4.64. The summed E-state index contributed by atoms with van der Waals surface area (Å²) in [5.41, 5.74) is 1.87. The van der Waals surface area contributed by atoms with Gasteiger partial charge in [0.15, 0.2) is 5.03 Å². The number of nitrogens with zero attached hydrogens (tertiary/aromatic N) is 4. The SMILES string of the molecule is CC(C)n1cnc(S(=O)(=O)N2CCC[C@@H](C(=O)NCCc3nc4ccccc4[nH]3)C2)c1. The number of hydrogen-bond acceptors (Lipinski definition) is 5. The van der Waals surface area contributed by atoms with E-state index in [-0.39, 0.29) is 29.4 Å². The second-order valence-corrected chi connectivity index (χ2v) is 10.1. The quantitative estimate of drug-likeness (QED) is 0.579. The maximum atomic E-state index is 13.0. The monoisotopic (exact) mass is 444 g/mol. The average Bonchev–Trinajstić information content (AvgIpc) is 3.41. The van der Waals surface area contributed by atoms with Crippen molar-refractivity contribution in [2.24, 2.45) is 5.92 Å². The smallest absolute Gasteiger partial charge is 0.262 e. The number of imidazole rings is 2. The molecule has 0 unspecified atom stereocenters. The Labute approximate surface area is 181 Å². The van der Waals surface area contributed by atoms with Crippen molar-refractivity contribution >= 4 is 27.0 Å². The Morgan fingerprint density at radius 1 is 1.32 bits per heavy atom. The molecule has 10 heteroatoms. The summed E-state index contributed by atoms with van der Waals surface area (Å²) in [4.78, 5) is 24.5. The molecule has 1 amide bonds. The van der Waals surface area contributed by atoms with Gasteiger partial charge in [0.1, 0.15) is 5.82 Å². The van der Waals surface area contributed by atoms with Crippen LogP contribution < -0.4 is 5.32 Å². The molecule has 0 saturated carbocycles. The van der Waals surface area contributed by atoms with Crippen molar-refractivity contribution in [1.29, 1.82) is 0 Å². The predicted molar refractivity (Wildman–Crippen MR) is 117 cm³/mol. The Balaban J connectivity index is 1.34. The number of aromatic amines is 1. The zero-order chi connectivity index (χ0) is 22.0. The normalized spacial score (nSPS) is 18.0. The number of nitrogens with one attached hydrogen (secondary N) is 2. The predicted octanol–water partition coefficient (Wildman–Crippen LogP) is 2.10. The minimum Gasteiger partial charge on any atom is -0.355 e. The third-order valence-electron chi connectivity index (χ3n) is 5.63. The summed E-state index contributed by atoms with van der Waals surface area (Å²) in [5, 5.41) is 2.97. The summed E-state index contributed by atoms with van der Waals surface area (Å²) in [5.74, 6) is 0.324. The van der Waals surface area contributed by atoms with Crippen LogP contribution in [0.15, 0.2) is 41.8 Å². The Bertz CT molecular complexity index is 1130. The van der Waals surface area contributed by atoms with E-state index in [2.05, 4.69) is 20.3 Å².